The quantitative estimate of drug-likeness (QED) is 0.750. The second-order valence-electron chi connectivity index (χ2n) is 7.67. The summed E-state index contributed by atoms with van der Waals surface area (Å²) in [6, 6.07) is 4.79. The number of benzene rings is 1. The van der Waals surface area contributed by atoms with Gasteiger partial charge < -0.3 is 15.1 Å². The second-order valence-corrected chi connectivity index (χ2v) is 7.67. The van der Waals surface area contributed by atoms with E-state index in [0.29, 0.717) is 0 Å². The Morgan fingerprint density at radius 1 is 0.885 bits per heavy atom. The van der Waals surface area contributed by atoms with E-state index in [1.54, 1.807) is 0 Å². The van der Waals surface area contributed by atoms with Gasteiger partial charge in [-0.25, -0.2) is 0 Å². The standard InChI is InChI=1S/C23H23N3/c1-2-10-18(11-3-1)25-20-12-6-7-13-21(20)26-22-15-17-9-5-4-8-16(17)14-19(22)24-23(25)26/h1-2,5-6,9-10,12,14-15,23-24H,3-4,7-8,11,13H2. The van der Waals surface area contributed by atoms with Crippen LogP contribution < -0.4 is 10.2 Å². The van der Waals surface area contributed by atoms with E-state index < -0.39 is 0 Å². The molecule has 6 rings (SSSR count). The van der Waals surface area contributed by atoms with Gasteiger partial charge in [0.1, 0.15) is 0 Å². The van der Waals surface area contributed by atoms with Crippen LogP contribution in [0.5, 0.6) is 0 Å². The monoisotopic (exact) mass is 341 g/mol. The number of anilines is 2. The number of rotatable bonds is 1. The van der Waals surface area contributed by atoms with Gasteiger partial charge in [0, 0.05) is 11.4 Å². The summed E-state index contributed by atoms with van der Waals surface area (Å²) in [6.45, 7) is 0. The van der Waals surface area contributed by atoms with Crippen LogP contribution in [0, 0.1) is 0 Å². The van der Waals surface area contributed by atoms with E-state index in [0.717, 1.165) is 38.5 Å². The summed E-state index contributed by atoms with van der Waals surface area (Å²) in [5, 5.41) is 3.84. The molecule has 0 radical (unpaired) electrons. The maximum absolute atomic E-state index is 3.84. The number of fused-ring (bicyclic) bond motifs is 5. The molecule has 0 amide bonds. The smallest absolute Gasteiger partial charge is 0.187 e. The number of nitrogens with one attached hydrogen (secondary N) is 1. The molecule has 0 spiro atoms. The fourth-order valence-electron chi connectivity index (χ4n) is 4.93. The zero-order valence-electron chi connectivity index (χ0n) is 14.9. The Morgan fingerprint density at radius 3 is 2.69 bits per heavy atom. The molecule has 0 saturated carbocycles. The normalized spacial score (nSPS) is 24.9. The van der Waals surface area contributed by atoms with Crippen molar-refractivity contribution in [1.29, 1.82) is 0 Å². The van der Waals surface area contributed by atoms with Gasteiger partial charge in [-0.1, -0.05) is 30.4 Å². The first-order valence-electron chi connectivity index (χ1n) is 9.84. The van der Waals surface area contributed by atoms with Crippen molar-refractivity contribution in [2.45, 2.75) is 44.8 Å². The molecule has 1 aromatic carbocycles. The van der Waals surface area contributed by atoms with Gasteiger partial charge in [-0.3, -0.25) is 0 Å². The molecule has 0 fully saturated rings. The molecule has 1 atom stereocenters. The van der Waals surface area contributed by atoms with Crippen LogP contribution in [0.4, 0.5) is 11.4 Å². The van der Waals surface area contributed by atoms with Crippen LogP contribution in [0.15, 0.2) is 65.7 Å². The van der Waals surface area contributed by atoms with Gasteiger partial charge in [0.15, 0.2) is 6.29 Å². The first kappa shape index (κ1) is 14.5. The van der Waals surface area contributed by atoms with Crippen molar-refractivity contribution < 1.29 is 0 Å². The maximum Gasteiger partial charge on any atom is 0.187 e. The van der Waals surface area contributed by atoms with Crippen molar-refractivity contribution in [1.82, 2.24) is 4.90 Å². The van der Waals surface area contributed by atoms with Crippen molar-refractivity contribution in [2.24, 2.45) is 0 Å². The molecular formula is C23H23N3. The molecular weight excluding hydrogens is 318 g/mol. The zero-order valence-corrected chi connectivity index (χ0v) is 14.9. The Bertz CT molecular complexity index is 944. The lowest BCUT2D eigenvalue weighted by Crippen LogP contribution is -2.41. The minimum Gasteiger partial charge on any atom is -0.346 e. The molecule has 3 nitrogen and oxygen atoms in total. The van der Waals surface area contributed by atoms with Crippen molar-refractivity contribution in [2.75, 3.05) is 10.2 Å². The van der Waals surface area contributed by atoms with Crippen molar-refractivity contribution in [3.8, 4) is 0 Å². The Hall–Kier alpha value is -2.68. The molecule has 0 bridgehead atoms. The molecule has 1 N–H and O–H groups in total. The second kappa shape index (κ2) is 5.41. The Labute approximate surface area is 154 Å². The number of allylic oxidation sites excluding steroid dienone is 8. The summed E-state index contributed by atoms with van der Waals surface area (Å²) in [5.74, 6) is 0. The minimum atomic E-state index is 0.184. The van der Waals surface area contributed by atoms with Crippen molar-refractivity contribution in [3.05, 3.63) is 76.8 Å². The highest BCUT2D eigenvalue weighted by molar-refractivity contribution is 5.84. The number of aryl methyl sites for hydroxylation is 1. The fraction of sp³-hybridized carbons (Fsp3) is 0.304. The lowest BCUT2D eigenvalue weighted by molar-refractivity contribution is 0.376. The molecule has 1 aromatic rings. The SMILES string of the molecule is C1=CCCC(N2C3=C(CCC=C3)N3c4cc5c(cc4NC23)CCC=C5)=C1. The Kier molecular flexibility index (Phi) is 3.01. The largest absolute Gasteiger partial charge is 0.346 e. The molecule has 2 heterocycles. The first-order valence-corrected chi connectivity index (χ1v) is 9.84. The first-order chi connectivity index (χ1) is 12.9. The lowest BCUT2D eigenvalue weighted by Gasteiger charge is -2.32. The zero-order chi connectivity index (χ0) is 17.1. The van der Waals surface area contributed by atoms with Gasteiger partial charge in [-0.05, 0) is 73.9 Å². The van der Waals surface area contributed by atoms with Crippen LogP contribution in [0.2, 0.25) is 0 Å². The van der Waals surface area contributed by atoms with Crippen LogP contribution in [-0.2, 0) is 6.42 Å². The van der Waals surface area contributed by atoms with Crippen LogP contribution in [-0.4, -0.2) is 11.2 Å². The summed E-state index contributed by atoms with van der Waals surface area (Å²) in [6.07, 6.45) is 23.0. The predicted octanol–water partition coefficient (Wildman–Crippen LogP) is 5.27. The minimum absolute atomic E-state index is 0.184. The summed E-state index contributed by atoms with van der Waals surface area (Å²) in [4.78, 5) is 5.08. The average Bonchev–Trinajstić information content (AvgIpc) is 3.20. The van der Waals surface area contributed by atoms with Gasteiger partial charge in [-0.15, -0.1) is 0 Å². The van der Waals surface area contributed by atoms with Crippen LogP contribution in [0.1, 0.15) is 43.2 Å². The molecule has 3 aliphatic carbocycles. The van der Waals surface area contributed by atoms with Gasteiger partial charge in [0.25, 0.3) is 0 Å². The van der Waals surface area contributed by atoms with E-state index in [1.165, 1.54) is 39.6 Å². The highest BCUT2D eigenvalue weighted by Crippen LogP contribution is 2.49. The van der Waals surface area contributed by atoms with Gasteiger partial charge in [0.05, 0.1) is 17.1 Å². The highest BCUT2D eigenvalue weighted by Gasteiger charge is 2.44. The van der Waals surface area contributed by atoms with E-state index in [4.69, 9.17) is 0 Å². The molecule has 0 aromatic heterocycles. The summed E-state index contributed by atoms with van der Waals surface area (Å²) in [7, 11) is 0. The van der Waals surface area contributed by atoms with Crippen LogP contribution in [0.25, 0.3) is 6.08 Å². The third-order valence-corrected chi connectivity index (χ3v) is 6.14. The number of hydrogen-bond donors (Lipinski definition) is 1. The van der Waals surface area contributed by atoms with E-state index >= 15 is 0 Å². The van der Waals surface area contributed by atoms with Gasteiger partial charge in [-0.2, -0.15) is 0 Å². The molecule has 0 saturated heterocycles. The van der Waals surface area contributed by atoms with E-state index in [9.17, 15) is 0 Å². The lowest BCUT2D eigenvalue weighted by atomic mass is 9.96. The van der Waals surface area contributed by atoms with Crippen LogP contribution >= 0.6 is 0 Å². The van der Waals surface area contributed by atoms with Crippen molar-refractivity contribution >= 4 is 17.5 Å². The summed E-state index contributed by atoms with van der Waals surface area (Å²) in [5.41, 5.74) is 9.78. The maximum atomic E-state index is 3.84. The van der Waals surface area contributed by atoms with Crippen molar-refractivity contribution in [3.63, 3.8) is 0 Å². The number of nitrogens with zero attached hydrogens (tertiary/aromatic N) is 2. The third-order valence-electron chi connectivity index (χ3n) is 6.14. The third kappa shape index (κ3) is 1.94. The molecule has 5 aliphatic rings. The Morgan fingerprint density at radius 2 is 1.77 bits per heavy atom. The fourth-order valence-corrected chi connectivity index (χ4v) is 4.93. The summed E-state index contributed by atoms with van der Waals surface area (Å²) < 4.78 is 0. The van der Waals surface area contributed by atoms with E-state index in [1.807, 2.05) is 0 Å². The molecule has 1 unspecified atom stereocenters. The Balaban J connectivity index is 1.50. The van der Waals surface area contributed by atoms with E-state index in [2.05, 4.69) is 69.8 Å². The molecule has 2 aliphatic heterocycles. The summed E-state index contributed by atoms with van der Waals surface area (Å²) >= 11 is 0. The van der Waals surface area contributed by atoms with E-state index in [-0.39, 0.29) is 6.29 Å². The van der Waals surface area contributed by atoms with Gasteiger partial charge >= 0.3 is 0 Å². The molecule has 130 valence electrons. The topological polar surface area (TPSA) is 18.5 Å². The predicted molar refractivity (Wildman–Crippen MR) is 107 cm³/mol. The van der Waals surface area contributed by atoms with Gasteiger partial charge in [0.2, 0.25) is 0 Å². The number of hydrogen-bond acceptors (Lipinski definition) is 3. The van der Waals surface area contributed by atoms with Crippen LogP contribution in [0.3, 0.4) is 0 Å². The molecule has 3 heteroatoms. The highest BCUT2D eigenvalue weighted by atomic mass is 15.5. The average molecular weight is 341 g/mol. The molecule has 26 heavy (non-hydrogen) atoms.